The molecular weight excluding hydrogens is 234 g/mol. The highest BCUT2D eigenvalue weighted by Crippen LogP contribution is 2.29. The first-order chi connectivity index (χ1) is 8.13. The summed E-state index contributed by atoms with van der Waals surface area (Å²) < 4.78 is 10.7. The van der Waals surface area contributed by atoms with Crippen LogP contribution < -0.4 is 10.5 Å². The number of hydrogen-bond acceptors (Lipinski definition) is 4. The molecule has 1 aromatic rings. The third-order valence-electron chi connectivity index (χ3n) is 2.11. The number of anilines is 1. The smallest absolute Gasteiger partial charge is 0.143 e. The Morgan fingerprint density at radius 3 is 2.76 bits per heavy atom. The maximum Gasteiger partial charge on any atom is 0.143 e. The summed E-state index contributed by atoms with van der Waals surface area (Å²) in [6, 6.07) is 5.93. The molecule has 0 amide bonds. The second-order valence-corrected chi connectivity index (χ2v) is 5.23. The molecule has 0 radical (unpaired) electrons. The number of thioether (sulfide) groups is 1. The Labute approximate surface area is 108 Å². The number of benzene rings is 1. The van der Waals surface area contributed by atoms with Gasteiger partial charge in [0.05, 0.1) is 11.8 Å². The van der Waals surface area contributed by atoms with Gasteiger partial charge < -0.3 is 15.2 Å². The van der Waals surface area contributed by atoms with Gasteiger partial charge in [0.2, 0.25) is 0 Å². The molecule has 0 aliphatic heterocycles. The Bertz CT molecular complexity index is 342. The van der Waals surface area contributed by atoms with Crippen molar-refractivity contribution in [2.45, 2.75) is 31.3 Å². The molecule has 0 aliphatic rings. The van der Waals surface area contributed by atoms with Crippen LogP contribution in [0, 0.1) is 0 Å². The third kappa shape index (κ3) is 5.33. The predicted molar refractivity (Wildman–Crippen MR) is 73.8 cm³/mol. The van der Waals surface area contributed by atoms with Crippen molar-refractivity contribution in [3.8, 4) is 5.75 Å². The van der Waals surface area contributed by atoms with Crippen LogP contribution in [0.3, 0.4) is 0 Å². The van der Waals surface area contributed by atoms with E-state index in [4.69, 9.17) is 15.2 Å². The lowest BCUT2D eigenvalue weighted by atomic mass is 10.3. The Kier molecular flexibility index (Phi) is 6.22. The standard InChI is InChI=1S/C13H21NO2S/c1-10(2)16-13-9-11(5-6-12(13)14)17-8-4-7-15-3/h5-6,9-10H,4,7-8,14H2,1-3H3. The molecule has 0 aliphatic carbocycles. The van der Waals surface area contributed by atoms with Crippen LogP contribution in [-0.4, -0.2) is 25.6 Å². The van der Waals surface area contributed by atoms with Gasteiger partial charge in [0.25, 0.3) is 0 Å². The molecule has 3 nitrogen and oxygen atoms in total. The van der Waals surface area contributed by atoms with Crippen LogP contribution >= 0.6 is 11.8 Å². The van der Waals surface area contributed by atoms with Crippen molar-refractivity contribution in [1.29, 1.82) is 0 Å². The van der Waals surface area contributed by atoms with Gasteiger partial charge in [0.1, 0.15) is 5.75 Å². The van der Waals surface area contributed by atoms with E-state index in [0.29, 0.717) is 5.69 Å². The van der Waals surface area contributed by atoms with Crippen molar-refractivity contribution < 1.29 is 9.47 Å². The highest BCUT2D eigenvalue weighted by Gasteiger charge is 2.04. The van der Waals surface area contributed by atoms with Crippen molar-refractivity contribution >= 4 is 17.4 Å². The lowest BCUT2D eigenvalue weighted by Gasteiger charge is -2.13. The van der Waals surface area contributed by atoms with Crippen LogP contribution in [0.4, 0.5) is 5.69 Å². The molecule has 0 spiro atoms. The Balaban J connectivity index is 2.55. The van der Waals surface area contributed by atoms with Crippen LogP contribution in [0.15, 0.2) is 23.1 Å². The number of rotatable bonds is 7. The first kappa shape index (κ1) is 14.2. The van der Waals surface area contributed by atoms with Crippen molar-refractivity contribution in [2.75, 3.05) is 25.2 Å². The molecule has 96 valence electrons. The van der Waals surface area contributed by atoms with E-state index in [-0.39, 0.29) is 6.10 Å². The van der Waals surface area contributed by atoms with E-state index in [9.17, 15) is 0 Å². The summed E-state index contributed by atoms with van der Waals surface area (Å²) in [7, 11) is 1.72. The van der Waals surface area contributed by atoms with E-state index in [1.807, 2.05) is 32.0 Å². The van der Waals surface area contributed by atoms with Gasteiger partial charge in [-0.05, 0) is 38.5 Å². The van der Waals surface area contributed by atoms with E-state index in [2.05, 4.69) is 0 Å². The summed E-state index contributed by atoms with van der Waals surface area (Å²) in [5, 5.41) is 0. The van der Waals surface area contributed by atoms with Crippen LogP contribution in [0.5, 0.6) is 5.75 Å². The highest BCUT2D eigenvalue weighted by molar-refractivity contribution is 7.99. The lowest BCUT2D eigenvalue weighted by molar-refractivity contribution is 0.200. The zero-order valence-electron chi connectivity index (χ0n) is 10.7. The number of hydrogen-bond donors (Lipinski definition) is 1. The summed E-state index contributed by atoms with van der Waals surface area (Å²) in [5.74, 6) is 1.82. The lowest BCUT2D eigenvalue weighted by Crippen LogP contribution is -2.07. The molecule has 0 unspecified atom stereocenters. The molecule has 0 fully saturated rings. The molecule has 0 aromatic heterocycles. The van der Waals surface area contributed by atoms with Gasteiger partial charge in [0, 0.05) is 24.4 Å². The number of nitrogens with two attached hydrogens (primary N) is 1. The number of ether oxygens (including phenoxy) is 2. The number of nitrogen functional groups attached to an aromatic ring is 1. The fourth-order valence-corrected chi connectivity index (χ4v) is 2.21. The summed E-state index contributed by atoms with van der Waals surface area (Å²) >= 11 is 1.79. The molecule has 1 aromatic carbocycles. The molecule has 0 bridgehead atoms. The monoisotopic (exact) mass is 255 g/mol. The molecule has 0 saturated carbocycles. The van der Waals surface area contributed by atoms with E-state index in [1.54, 1.807) is 18.9 Å². The summed E-state index contributed by atoms with van der Waals surface area (Å²) in [6.45, 7) is 4.80. The van der Waals surface area contributed by atoms with Gasteiger partial charge in [-0.25, -0.2) is 0 Å². The average Bonchev–Trinajstić information content (AvgIpc) is 2.28. The van der Waals surface area contributed by atoms with Gasteiger partial charge in [-0.3, -0.25) is 0 Å². The maximum absolute atomic E-state index is 5.86. The van der Waals surface area contributed by atoms with E-state index < -0.39 is 0 Å². The first-order valence-electron chi connectivity index (χ1n) is 5.81. The molecule has 2 N–H and O–H groups in total. The molecule has 17 heavy (non-hydrogen) atoms. The van der Waals surface area contributed by atoms with E-state index in [1.165, 1.54) is 4.90 Å². The van der Waals surface area contributed by atoms with Gasteiger partial charge in [-0.1, -0.05) is 0 Å². The zero-order valence-corrected chi connectivity index (χ0v) is 11.5. The van der Waals surface area contributed by atoms with Crippen molar-refractivity contribution in [3.63, 3.8) is 0 Å². The Hall–Kier alpha value is -0.870. The third-order valence-corrected chi connectivity index (χ3v) is 3.19. The number of methoxy groups -OCH3 is 1. The minimum absolute atomic E-state index is 0.144. The Morgan fingerprint density at radius 1 is 1.35 bits per heavy atom. The van der Waals surface area contributed by atoms with Crippen LogP contribution in [0.2, 0.25) is 0 Å². The van der Waals surface area contributed by atoms with Crippen molar-refractivity contribution in [1.82, 2.24) is 0 Å². The van der Waals surface area contributed by atoms with Crippen molar-refractivity contribution in [3.05, 3.63) is 18.2 Å². The van der Waals surface area contributed by atoms with Gasteiger partial charge in [-0.2, -0.15) is 0 Å². The molecule has 0 saturated heterocycles. The topological polar surface area (TPSA) is 44.5 Å². The molecular formula is C13H21NO2S. The summed E-state index contributed by atoms with van der Waals surface area (Å²) in [4.78, 5) is 1.19. The SMILES string of the molecule is COCCCSc1ccc(N)c(OC(C)C)c1. The summed E-state index contributed by atoms with van der Waals surface area (Å²) in [6.07, 6.45) is 1.19. The van der Waals surface area contributed by atoms with E-state index >= 15 is 0 Å². The normalized spacial score (nSPS) is 10.8. The quantitative estimate of drug-likeness (QED) is 0.462. The minimum Gasteiger partial charge on any atom is -0.489 e. The van der Waals surface area contributed by atoms with Crippen LogP contribution in [-0.2, 0) is 4.74 Å². The predicted octanol–water partition coefficient (Wildman–Crippen LogP) is 3.18. The maximum atomic E-state index is 5.86. The van der Waals surface area contributed by atoms with Crippen molar-refractivity contribution in [2.24, 2.45) is 0 Å². The molecule has 1 rings (SSSR count). The fourth-order valence-electron chi connectivity index (χ4n) is 1.35. The largest absolute Gasteiger partial charge is 0.489 e. The van der Waals surface area contributed by atoms with Gasteiger partial charge >= 0.3 is 0 Å². The first-order valence-corrected chi connectivity index (χ1v) is 6.80. The summed E-state index contributed by atoms with van der Waals surface area (Å²) in [5.41, 5.74) is 6.55. The average molecular weight is 255 g/mol. The second kappa shape index (κ2) is 7.45. The molecule has 0 atom stereocenters. The molecule has 0 heterocycles. The highest BCUT2D eigenvalue weighted by atomic mass is 32.2. The minimum atomic E-state index is 0.144. The van der Waals surface area contributed by atoms with Crippen LogP contribution in [0.1, 0.15) is 20.3 Å². The fraction of sp³-hybridized carbons (Fsp3) is 0.538. The zero-order chi connectivity index (χ0) is 12.7. The van der Waals surface area contributed by atoms with Crippen LogP contribution in [0.25, 0.3) is 0 Å². The Morgan fingerprint density at radius 2 is 2.12 bits per heavy atom. The van der Waals surface area contributed by atoms with Gasteiger partial charge in [-0.15, -0.1) is 11.8 Å². The molecule has 4 heteroatoms. The van der Waals surface area contributed by atoms with E-state index in [0.717, 1.165) is 24.5 Å². The second-order valence-electron chi connectivity index (χ2n) is 4.06. The van der Waals surface area contributed by atoms with Gasteiger partial charge in [0.15, 0.2) is 0 Å².